The Hall–Kier alpha value is -2.08. The number of nitrogens with zero attached hydrogens (tertiary/aromatic N) is 2. The van der Waals surface area contributed by atoms with E-state index in [1.54, 1.807) is 0 Å². The molecule has 2 aromatic rings. The number of carbonyl (C=O) groups is 1. The highest BCUT2D eigenvalue weighted by Gasteiger charge is 2.28. The number of pyridine rings is 1. The van der Waals surface area contributed by atoms with Crippen LogP contribution in [0.25, 0.3) is 5.65 Å². The van der Waals surface area contributed by atoms with E-state index in [0.29, 0.717) is 19.5 Å². The number of nitrogens with one attached hydrogen (secondary N) is 2. The fourth-order valence-electron chi connectivity index (χ4n) is 3.28. The predicted molar refractivity (Wildman–Crippen MR) is 92.9 cm³/mol. The van der Waals surface area contributed by atoms with Gasteiger partial charge in [0.05, 0.1) is 11.3 Å². The third kappa shape index (κ3) is 4.47. The summed E-state index contributed by atoms with van der Waals surface area (Å²) in [6.45, 7) is 0.849. The number of urea groups is 1. The maximum Gasteiger partial charge on any atom is 0.314 e. The van der Waals surface area contributed by atoms with Crippen LogP contribution in [0, 0.1) is 0 Å². The van der Waals surface area contributed by atoms with E-state index in [1.165, 1.54) is 12.8 Å². The second kappa shape index (κ2) is 7.66. The van der Waals surface area contributed by atoms with E-state index in [2.05, 4.69) is 15.6 Å². The number of rotatable bonds is 5. The van der Waals surface area contributed by atoms with Crippen molar-refractivity contribution in [1.29, 1.82) is 0 Å². The van der Waals surface area contributed by atoms with Crippen molar-refractivity contribution < 1.29 is 9.90 Å². The van der Waals surface area contributed by atoms with Gasteiger partial charge in [-0.25, -0.2) is 9.78 Å². The SMILES string of the molecule is O=C(NCCc1cn2ccccc2n1)NCC1(O)CCCCCC1. The minimum Gasteiger partial charge on any atom is -0.388 e. The Balaban J connectivity index is 1.40. The molecule has 2 amide bonds. The highest BCUT2D eigenvalue weighted by atomic mass is 16.3. The molecular weight excluding hydrogens is 304 g/mol. The van der Waals surface area contributed by atoms with Gasteiger partial charge in [0.25, 0.3) is 0 Å². The molecule has 0 unspecified atom stereocenters. The lowest BCUT2D eigenvalue weighted by atomic mass is 9.95. The minimum absolute atomic E-state index is 0.226. The summed E-state index contributed by atoms with van der Waals surface area (Å²) in [6.07, 6.45) is 10.6. The second-order valence-corrected chi connectivity index (χ2v) is 6.70. The molecule has 0 aliphatic heterocycles. The van der Waals surface area contributed by atoms with E-state index in [-0.39, 0.29) is 6.03 Å². The number of carbonyl (C=O) groups excluding carboxylic acids is 1. The maximum atomic E-state index is 11.9. The molecule has 0 bridgehead atoms. The standard InChI is InChI=1S/C18H26N4O2/c23-17(20-14-18(24)9-4-1-2-5-10-18)19-11-8-15-13-22-12-6-3-7-16(22)21-15/h3,6-7,12-13,24H,1-2,4-5,8-11,14H2,(H2,19,20,23). The van der Waals surface area contributed by atoms with Gasteiger partial charge in [-0.1, -0.05) is 31.7 Å². The summed E-state index contributed by atoms with van der Waals surface area (Å²) in [5.74, 6) is 0. The second-order valence-electron chi connectivity index (χ2n) is 6.70. The summed E-state index contributed by atoms with van der Waals surface area (Å²) in [6, 6.07) is 5.65. The average Bonchev–Trinajstić information content (AvgIpc) is 2.86. The van der Waals surface area contributed by atoms with Crippen molar-refractivity contribution >= 4 is 11.7 Å². The Labute approximate surface area is 142 Å². The lowest BCUT2D eigenvalue weighted by molar-refractivity contribution is 0.0277. The lowest BCUT2D eigenvalue weighted by Gasteiger charge is -2.26. The fourth-order valence-corrected chi connectivity index (χ4v) is 3.28. The molecule has 6 nitrogen and oxygen atoms in total. The predicted octanol–water partition coefficient (Wildman–Crippen LogP) is 2.26. The van der Waals surface area contributed by atoms with Crippen LogP contribution in [0.15, 0.2) is 30.6 Å². The number of amides is 2. The number of hydrogen-bond donors (Lipinski definition) is 3. The maximum absolute atomic E-state index is 11.9. The van der Waals surface area contributed by atoms with Gasteiger partial charge in [0.2, 0.25) is 0 Å². The van der Waals surface area contributed by atoms with Gasteiger partial charge in [-0.2, -0.15) is 0 Å². The summed E-state index contributed by atoms with van der Waals surface area (Å²) >= 11 is 0. The molecule has 1 aliphatic rings. The molecule has 2 aromatic heterocycles. The van der Waals surface area contributed by atoms with Crippen molar-refractivity contribution in [3.8, 4) is 0 Å². The molecule has 6 heteroatoms. The van der Waals surface area contributed by atoms with Crippen LogP contribution < -0.4 is 10.6 Å². The lowest BCUT2D eigenvalue weighted by Crippen LogP contribution is -2.46. The summed E-state index contributed by atoms with van der Waals surface area (Å²) in [4.78, 5) is 16.4. The largest absolute Gasteiger partial charge is 0.388 e. The van der Waals surface area contributed by atoms with E-state index in [0.717, 1.165) is 37.0 Å². The smallest absolute Gasteiger partial charge is 0.314 e. The van der Waals surface area contributed by atoms with Crippen molar-refractivity contribution in [3.63, 3.8) is 0 Å². The van der Waals surface area contributed by atoms with Gasteiger partial charge in [-0.05, 0) is 25.0 Å². The van der Waals surface area contributed by atoms with Crippen LogP contribution in [0.5, 0.6) is 0 Å². The molecule has 1 aliphatic carbocycles. The number of hydrogen-bond acceptors (Lipinski definition) is 3. The van der Waals surface area contributed by atoms with Crippen LogP contribution in [0.2, 0.25) is 0 Å². The van der Waals surface area contributed by atoms with Gasteiger partial charge in [-0.15, -0.1) is 0 Å². The van der Waals surface area contributed by atoms with E-state index in [9.17, 15) is 9.90 Å². The first-order valence-electron chi connectivity index (χ1n) is 8.81. The number of aliphatic hydroxyl groups is 1. The third-order valence-corrected chi connectivity index (χ3v) is 4.69. The molecule has 0 spiro atoms. The molecule has 3 rings (SSSR count). The molecule has 130 valence electrons. The molecule has 0 aromatic carbocycles. The average molecular weight is 330 g/mol. The molecule has 2 heterocycles. The van der Waals surface area contributed by atoms with Gasteiger partial charge >= 0.3 is 6.03 Å². The van der Waals surface area contributed by atoms with Crippen LogP contribution in [-0.4, -0.2) is 39.2 Å². The summed E-state index contributed by atoms with van der Waals surface area (Å²) in [5.41, 5.74) is 1.12. The first-order valence-corrected chi connectivity index (χ1v) is 8.81. The minimum atomic E-state index is -0.741. The van der Waals surface area contributed by atoms with Crippen molar-refractivity contribution in [2.75, 3.05) is 13.1 Å². The van der Waals surface area contributed by atoms with E-state index in [1.807, 2.05) is 35.0 Å². The Morgan fingerprint density at radius 3 is 2.75 bits per heavy atom. The van der Waals surface area contributed by atoms with Crippen LogP contribution >= 0.6 is 0 Å². The van der Waals surface area contributed by atoms with E-state index < -0.39 is 5.60 Å². The molecule has 0 saturated heterocycles. The van der Waals surface area contributed by atoms with Crippen molar-refractivity contribution in [3.05, 3.63) is 36.3 Å². The third-order valence-electron chi connectivity index (χ3n) is 4.69. The van der Waals surface area contributed by atoms with Gasteiger partial charge in [0.1, 0.15) is 5.65 Å². The van der Waals surface area contributed by atoms with Crippen LogP contribution in [0.4, 0.5) is 4.79 Å². The van der Waals surface area contributed by atoms with Gasteiger partial charge < -0.3 is 20.1 Å². The molecule has 24 heavy (non-hydrogen) atoms. The molecule has 1 saturated carbocycles. The van der Waals surface area contributed by atoms with Crippen molar-refractivity contribution in [2.24, 2.45) is 0 Å². The zero-order valence-corrected chi connectivity index (χ0v) is 14.0. The Morgan fingerprint density at radius 2 is 2.00 bits per heavy atom. The summed E-state index contributed by atoms with van der Waals surface area (Å²) in [5, 5.41) is 16.2. The van der Waals surface area contributed by atoms with Gasteiger partial charge in [0, 0.05) is 31.9 Å². The summed E-state index contributed by atoms with van der Waals surface area (Å²) in [7, 11) is 0. The summed E-state index contributed by atoms with van der Waals surface area (Å²) < 4.78 is 1.97. The molecule has 3 N–H and O–H groups in total. The fraction of sp³-hybridized carbons (Fsp3) is 0.556. The normalized spacial score (nSPS) is 17.4. The van der Waals surface area contributed by atoms with Crippen LogP contribution in [-0.2, 0) is 6.42 Å². The van der Waals surface area contributed by atoms with Gasteiger partial charge in [0.15, 0.2) is 0 Å². The van der Waals surface area contributed by atoms with E-state index >= 15 is 0 Å². The molecule has 1 fully saturated rings. The Bertz CT molecular complexity index is 641. The zero-order chi connectivity index (χ0) is 16.8. The van der Waals surface area contributed by atoms with Gasteiger partial charge in [-0.3, -0.25) is 0 Å². The Morgan fingerprint density at radius 1 is 1.21 bits per heavy atom. The van der Waals surface area contributed by atoms with Crippen LogP contribution in [0.3, 0.4) is 0 Å². The number of imidazole rings is 1. The zero-order valence-electron chi connectivity index (χ0n) is 14.0. The van der Waals surface area contributed by atoms with Crippen molar-refractivity contribution in [1.82, 2.24) is 20.0 Å². The van der Waals surface area contributed by atoms with E-state index in [4.69, 9.17) is 0 Å². The quantitative estimate of drug-likeness (QED) is 0.736. The topological polar surface area (TPSA) is 78.7 Å². The molecule has 0 atom stereocenters. The molecule has 0 radical (unpaired) electrons. The first-order chi connectivity index (χ1) is 11.6. The molecular formula is C18H26N4O2. The number of fused-ring (bicyclic) bond motifs is 1. The van der Waals surface area contributed by atoms with Crippen LogP contribution in [0.1, 0.15) is 44.2 Å². The number of aromatic nitrogens is 2. The highest BCUT2D eigenvalue weighted by Crippen LogP contribution is 2.26. The Kier molecular flexibility index (Phi) is 5.35. The van der Waals surface area contributed by atoms with Crippen molar-refractivity contribution in [2.45, 2.75) is 50.5 Å². The highest BCUT2D eigenvalue weighted by molar-refractivity contribution is 5.73. The monoisotopic (exact) mass is 330 g/mol. The first kappa shape index (κ1) is 16.8.